The van der Waals surface area contributed by atoms with Crippen molar-refractivity contribution in [2.75, 3.05) is 51.3 Å². The van der Waals surface area contributed by atoms with Crippen molar-refractivity contribution < 1.29 is 14.3 Å². The monoisotopic (exact) mass is 436 g/mol. The molecule has 3 aliphatic rings. The highest BCUT2D eigenvalue weighted by molar-refractivity contribution is 5.98. The summed E-state index contributed by atoms with van der Waals surface area (Å²) in [7, 11) is 1.63. The van der Waals surface area contributed by atoms with Gasteiger partial charge in [0.25, 0.3) is 0 Å². The number of hydrogen-bond donors (Lipinski definition) is 0. The quantitative estimate of drug-likeness (QED) is 0.639. The van der Waals surface area contributed by atoms with Crippen molar-refractivity contribution in [3.05, 3.63) is 18.2 Å². The average Bonchev–Trinajstić information content (AvgIpc) is 3.18. The highest BCUT2D eigenvalue weighted by atomic mass is 35.5. The van der Waals surface area contributed by atoms with Crippen LogP contribution in [0.5, 0.6) is 5.88 Å². The summed E-state index contributed by atoms with van der Waals surface area (Å²) in [4.78, 5) is 35.9. The molecule has 1 aromatic heterocycles. The number of pyridine rings is 1. The second-order valence-electron chi connectivity index (χ2n) is 8.72. The Hall–Kier alpha value is -1.86. The molecule has 4 rings (SSSR count). The van der Waals surface area contributed by atoms with E-state index >= 15 is 0 Å². The normalized spacial score (nSPS) is 21.8. The number of methoxy groups -OCH3 is 1. The SMILES string of the molecule is COc1cccc(N2CCN(CCCN3C(=O)CC4(CCCC4)CC3=O)CC2)n1.Cl. The minimum atomic E-state index is -0.00481. The smallest absolute Gasteiger partial charge is 0.229 e. The second kappa shape index (κ2) is 9.96. The number of nitrogens with zero attached hydrogens (tertiary/aromatic N) is 4. The van der Waals surface area contributed by atoms with E-state index in [0.717, 1.165) is 70.6 Å². The largest absolute Gasteiger partial charge is 0.481 e. The fourth-order valence-corrected chi connectivity index (χ4v) is 5.11. The molecular formula is C22H33ClN4O3. The number of carbonyl (C=O) groups is 2. The summed E-state index contributed by atoms with van der Waals surface area (Å²) in [5.41, 5.74) is -0.00481. The predicted octanol–water partition coefficient (Wildman–Crippen LogP) is 2.73. The van der Waals surface area contributed by atoms with E-state index in [0.29, 0.717) is 25.3 Å². The summed E-state index contributed by atoms with van der Waals surface area (Å²) >= 11 is 0. The molecule has 1 aromatic rings. The van der Waals surface area contributed by atoms with E-state index in [9.17, 15) is 9.59 Å². The number of piperazine rings is 1. The first-order valence-corrected chi connectivity index (χ1v) is 10.9. The van der Waals surface area contributed by atoms with Gasteiger partial charge in [0.05, 0.1) is 7.11 Å². The van der Waals surface area contributed by atoms with Gasteiger partial charge in [0.1, 0.15) is 5.82 Å². The fourth-order valence-electron chi connectivity index (χ4n) is 5.11. The van der Waals surface area contributed by atoms with Crippen molar-refractivity contribution in [3.8, 4) is 5.88 Å². The van der Waals surface area contributed by atoms with Gasteiger partial charge >= 0.3 is 0 Å². The number of rotatable bonds is 6. The number of likely N-dealkylation sites (tertiary alicyclic amines) is 1. The van der Waals surface area contributed by atoms with Crippen molar-refractivity contribution in [2.45, 2.75) is 44.9 Å². The van der Waals surface area contributed by atoms with Gasteiger partial charge in [0.15, 0.2) is 0 Å². The molecule has 0 N–H and O–H groups in total. The summed E-state index contributed by atoms with van der Waals surface area (Å²) in [6.45, 7) is 5.25. The lowest BCUT2D eigenvalue weighted by molar-refractivity contribution is -0.153. The maximum absolute atomic E-state index is 12.6. The van der Waals surface area contributed by atoms with Gasteiger partial charge in [-0.25, -0.2) is 0 Å². The van der Waals surface area contributed by atoms with Gasteiger partial charge in [-0.1, -0.05) is 18.9 Å². The molecule has 3 fully saturated rings. The highest BCUT2D eigenvalue weighted by Crippen LogP contribution is 2.46. The van der Waals surface area contributed by atoms with Crippen molar-refractivity contribution in [1.29, 1.82) is 0 Å². The Kier molecular flexibility index (Phi) is 7.58. The van der Waals surface area contributed by atoms with Crippen LogP contribution in [0.3, 0.4) is 0 Å². The Labute approximate surface area is 185 Å². The molecule has 2 saturated heterocycles. The molecule has 166 valence electrons. The molecule has 30 heavy (non-hydrogen) atoms. The first-order chi connectivity index (χ1) is 14.1. The third-order valence-corrected chi connectivity index (χ3v) is 6.79. The van der Waals surface area contributed by atoms with Crippen LogP contribution >= 0.6 is 12.4 Å². The zero-order valence-electron chi connectivity index (χ0n) is 17.8. The first-order valence-electron chi connectivity index (χ1n) is 10.9. The van der Waals surface area contributed by atoms with Gasteiger partial charge < -0.3 is 9.64 Å². The van der Waals surface area contributed by atoms with E-state index in [1.54, 1.807) is 7.11 Å². The molecule has 7 nitrogen and oxygen atoms in total. The summed E-state index contributed by atoms with van der Waals surface area (Å²) in [5.74, 6) is 1.70. The molecule has 1 spiro atoms. The number of halogens is 1. The Balaban J connectivity index is 0.00000256. The molecule has 0 atom stereocenters. The molecular weight excluding hydrogens is 404 g/mol. The molecule has 1 saturated carbocycles. The van der Waals surface area contributed by atoms with Crippen LogP contribution in [-0.2, 0) is 9.59 Å². The number of hydrogen-bond acceptors (Lipinski definition) is 6. The van der Waals surface area contributed by atoms with E-state index in [2.05, 4.69) is 14.8 Å². The maximum Gasteiger partial charge on any atom is 0.229 e. The number of ether oxygens (including phenoxy) is 1. The molecule has 1 aliphatic carbocycles. The molecule has 3 heterocycles. The zero-order valence-corrected chi connectivity index (χ0v) is 18.7. The van der Waals surface area contributed by atoms with Crippen LogP contribution in [0, 0.1) is 5.41 Å². The lowest BCUT2D eigenvalue weighted by Crippen LogP contribution is -2.49. The maximum atomic E-state index is 12.6. The van der Waals surface area contributed by atoms with Gasteiger partial charge in [-0.2, -0.15) is 4.98 Å². The lowest BCUT2D eigenvalue weighted by Gasteiger charge is -2.38. The molecule has 8 heteroatoms. The Morgan fingerprint density at radius 2 is 1.67 bits per heavy atom. The van der Waals surface area contributed by atoms with Gasteiger partial charge in [-0.15, -0.1) is 12.4 Å². The minimum Gasteiger partial charge on any atom is -0.481 e. The van der Waals surface area contributed by atoms with E-state index in [4.69, 9.17) is 4.74 Å². The molecule has 0 unspecified atom stereocenters. The third-order valence-electron chi connectivity index (χ3n) is 6.79. The number of anilines is 1. The van der Waals surface area contributed by atoms with Crippen LogP contribution < -0.4 is 9.64 Å². The van der Waals surface area contributed by atoms with Crippen LogP contribution in [0.25, 0.3) is 0 Å². The van der Waals surface area contributed by atoms with Crippen molar-refractivity contribution in [2.24, 2.45) is 5.41 Å². The summed E-state index contributed by atoms with van der Waals surface area (Å²) in [6.07, 6.45) is 6.42. The zero-order chi connectivity index (χ0) is 20.3. The van der Waals surface area contributed by atoms with Crippen LogP contribution in [0.4, 0.5) is 5.82 Å². The topological polar surface area (TPSA) is 66.0 Å². The van der Waals surface area contributed by atoms with Gasteiger partial charge in [-0.05, 0) is 37.3 Å². The number of carbonyl (C=O) groups excluding carboxylic acids is 2. The summed E-state index contributed by atoms with van der Waals surface area (Å²) < 4.78 is 5.22. The lowest BCUT2D eigenvalue weighted by atomic mass is 9.76. The molecule has 0 bridgehead atoms. The first kappa shape index (κ1) is 22.8. The Morgan fingerprint density at radius 1 is 1.00 bits per heavy atom. The number of amides is 2. The predicted molar refractivity (Wildman–Crippen MR) is 118 cm³/mol. The highest BCUT2D eigenvalue weighted by Gasteiger charge is 2.44. The van der Waals surface area contributed by atoms with Crippen molar-refractivity contribution in [1.82, 2.24) is 14.8 Å². The third kappa shape index (κ3) is 5.06. The minimum absolute atomic E-state index is 0. The number of imide groups is 1. The number of aromatic nitrogens is 1. The van der Waals surface area contributed by atoms with E-state index < -0.39 is 0 Å². The van der Waals surface area contributed by atoms with Crippen molar-refractivity contribution >= 4 is 30.0 Å². The van der Waals surface area contributed by atoms with Crippen LogP contribution in [0.2, 0.25) is 0 Å². The Morgan fingerprint density at radius 3 is 2.30 bits per heavy atom. The molecule has 0 aromatic carbocycles. The van der Waals surface area contributed by atoms with E-state index in [1.807, 2.05) is 18.2 Å². The van der Waals surface area contributed by atoms with Gasteiger partial charge in [0.2, 0.25) is 17.7 Å². The summed E-state index contributed by atoms with van der Waals surface area (Å²) in [6, 6.07) is 5.84. The second-order valence-corrected chi connectivity index (χ2v) is 8.72. The van der Waals surface area contributed by atoms with Crippen LogP contribution in [0.15, 0.2) is 18.2 Å². The number of piperidine rings is 1. The van der Waals surface area contributed by atoms with Gasteiger partial charge in [0, 0.05) is 51.6 Å². The molecule has 2 aliphatic heterocycles. The fraction of sp³-hybridized carbons (Fsp3) is 0.682. The Bertz CT molecular complexity index is 726. The average molecular weight is 437 g/mol. The van der Waals surface area contributed by atoms with Crippen LogP contribution in [0.1, 0.15) is 44.9 Å². The standard InChI is InChI=1S/C22H32N4O3.ClH/c1-29-19-7-4-6-18(23-19)25-14-12-24(13-15-25)10-5-11-26-20(27)16-22(17-21(26)28)8-2-3-9-22;/h4,6-7H,2-3,5,8-17H2,1H3;1H. The van der Waals surface area contributed by atoms with E-state index in [-0.39, 0.29) is 29.6 Å². The molecule has 2 amide bonds. The van der Waals surface area contributed by atoms with Crippen LogP contribution in [-0.4, -0.2) is 73.0 Å². The van der Waals surface area contributed by atoms with Gasteiger partial charge in [-0.3, -0.25) is 19.4 Å². The van der Waals surface area contributed by atoms with Crippen molar-refractivity contribution in [3.63, 3.8) is 0 Å². The van der Waals surface area contributed by atoms with E-state index in [1.165, 1.54) is 4.90 Å². The molecule has 0 radical (unpaired) electrons. The summed E-state index contributed by atoms with van der Waals surface area (Å²) in [5, 5.41) is 0.